The van der Waals surface area contributed by atoms with Crippen molar-refractivity contribution in [3.63, 3.8) is 0 Å². The molecule has 0 aromatic heterocycles. The first-order valence-corrected chi connectivity index (χ1v) is 7.17. The summed E-state index contributed by atoms with van der Waals surface area (Å²) >= 11 is 0. The van der Waals surface area contributed by atoms with E-state index < -0.39 is 0 Å². The van der Waals surface area contributed by atoms with Crippen LogP contribution in [0.3, 0.4) is 0 Å². The number of ketones is 1. The average molecular weight is 289 g/mol. The van der Waals surface area contributed by atoms with E-state index in [0.717, 1.165) is 30.2 Å². The molecule has 1 unspecified atom stereocenters. The fourth-order valence-electron chi connectivity index (χ4n) is 2.48. The first-order chi connectivity index (χ1) is 10.2. The average Bonchev–Trinajstić information content (AvgIpc) is 3.00. The fraction of sp³-hybridized carbons (Fsp3) is 0.438. The molecule has 1 atom stereocenters. The quantitative estimate of drug-likeness (QED) is 0.790. The van der Waals surface area contributed by atoms with Crippen LogP contribution in [0.5, 0.6) is 11.5 Å². The summed E-state index contributed by atoms with van der Waals surface area (Å²) in [6, 6.07) is 5.54. The molecule has 21 heavy (non-hydrogen) atoms. The van der Waals surface area contributed by atoms with Gasteiger partial charge in [-0.3, -0.25) is 9.69 Å². The van der Waals surface area contributed by atoms with Crippen LogP contribution in [0.25, 0.3) is 6.08 Å². The van der Waals surface area contributed by atoms with Gasteiger partial charge < -0.3 is 14.2 Å². The van der Waals surface area contributed by atoms with E-state index in [9.17, 15) is 4.79 Å². The van der Waals surface area contributed by atoms with Crippen molar-refractivity contribution >= 4 is 11.9 Å². The number of fused-ring (bicyclic) bond motifs is 1. The lowest BCUT2D eigenvalue weighted by atomic mass is 10.1. The summed E-state index contributed by atoms with van der Waals surface area (Å²) in [7, 11) is 0. The highest BCUT2D eigenvalue weighted by Crippen LogP contribution is 2.32. The number of rotatable bonds is 4. The molecule has 3 rings (SSSR count). The number of carbonyl (C=O) groups excluding carboxylic acids is 1. The molecule has 0 radical (unpaired) electrons. The van der Waals surface area contributed by atoms with Crippen molar-refractivity contribution < 1.29 is 19.0 Å². The highest BCUT2D eigenvalue weighted by Gasteiger charge is 2.21. The van der Waals surface area contributed by atoms with E-state index in [1.54, 1.807) is 6.08 Å². The summed E-state index contributed by atoms with van der Waals surface area (Å²) in [6.07, 6.45) is 3.46. The van der Waals surface area contributed by atoms with Crippen molar-refractivity contribution in [2.75, 3.05) is 33.1 Å². The van der Waals surface area contributed by atoms with Crippen LogP contribution in [-0.4, -0.2) is 49.8 Å². The monoisotopic (exact) mass is 289 g/mol. The minimum atomic E-state index is -0.112. The standard InChI is InChI=1S/C16H19NO4/c1-12(17-6-8-19-9-7-17)14(18)4-2-13-3-5-15-16(10-13)21-11-20-15/h2-5,10,12H,6-9,11H2,1H3/b4-2+. The summed E-state index contributed by atoms with van der Waals surface area (Å²) in [4.78, 5) is 14.4. The van der Waals surface area contributed by atoms with Gasteiger partial charge in [-0.05, 0) is 30.7 Å². The van der Waals surface area contributed by atoms with E-state index in [0.29, 0.717) is 13.2 Å². The Morgan fingerprint density at radius 2 is 2.00 bits per heavy atom. The van der Waals surface area contributed by atoms with Crippen molar-refractivity contribution in [1.29, 1.82) is 0 Å². The van der Waals surface area contributed by atoms with Gasteiger partial charge in [0.1, 0.15) is 0 Å². The molecular weight excluding hydrogens is 270 g/mol. The lowest BCUT2D eigenvalue weighted by Gasteiger charge is -2.30. The molecule has 112 valence electrons. The molecule has 5 nitrogen and oxygen atoms in total. The van der Waals surface area contributed by atoms with Gasteiger partial charge in [0.05, 0.1) is 19.3 Å². The van der Waals surface area contributed by atoms with Crippen LogP contribution in [0, 0.1) is 0 Å². The minimum absolute atomic E-state index is 0.106. The highest BCUT2D eigenvalue weighted by atomic mass is 16.7. The van der Waals surface area contributed by atoms with Crippen molar-refractivity contribution in [2.24, 2.45) is 0 Å². The predicted octanol–water partition coefficient (Wildman–Crippen LogP) is 1.72. The van der Waals surface area contributed by atoms with Gasteiger partial charge in [0.25, 0.3) is 0 Å². The minimum Gasteiger partial charge on any atom is -0.454 e. The van der Waals surface area contributed by atoms with E-state index in [-0.39, 0.29) is 18.6 Å². The molecule has 0 N–H and O–H groups in total. The Morgan fingerprint density at radius 1 is 1.24 bits per heavy atom. The van der Waals surface area contributed by atoms with Gasteiger partial charge in [-0.25, -0.2) is 0 Å². The summed E-state index contributed by atoms with van der Waals surface area (Å²) in [6.45, 7) is 5.22. The molecule has 0 amide bonds. The van der Waals surface area contributed by atoms with Crippen molar-refractivity contribution in [3.05, 3.63) is 29.8 Å². The number of carbonyl (C=O) groups is 1. The number of morpholine rings is 1. The highest BCUT2D eigenvalue weighted by molar-refractivity contribution is 5.97. The largest absolute Gasteiger partial charge is 0.454 e. The van der Waals surface area contributed by atoms with Crippen LogP contribution in [0.15, 0.2) is 24.3 Å². The second-order valence-corrected chi connectivity index (χ2v) is 5.17. The second-order valence-electron chi connectivity index (χ2n) is 5.17. The lowest BCUT2D eigenvalue weighted by Crippen LogP contribution is -2.45. The third-order valence-corrected chi connectivity index (χ3v) is 3.84. The SMILES string of the molecule is CC(C(=O)/C=C/c1ccc2c(c1)OCO2)N1CCOCC1. The Labute approximate surface area is 124 Å². The first kappa shape index (κ1) is 14.1. The first-order valence-electron chi connectivity index (χ1n) is 7.17. The van der Waals surface area contributed by atoms with Gasteiger partial charge in [-0.2, -0.15) is 0 Å². The van der Waals surface area contributed by atoms with Crippen molar-refractivity contribution in [2.45, 2.75) is 13.0 Å². The maximum absolute atomic E-state index is 12.2. The zero-order chi connectivity index (χ0) is 14.7. The van der Waals surface area contributed by atoms with E-state index in [4.69, 9.17) is 14.2 Å². The molecule has 1 saturated heterocycles. The Hall–Kier alpha value is -1.85. The molecule has 2 aliphatic heterocycles. The molecule has 5 heteroatoms. The van der Waals surface area contributed by atoms with Gasteiger partial charge in [-0.1, -0.05) is 12.1 Å². The van der Waals surface area contributed by atoms with E-state index >= 15 is 0 Å². The van der Waals surface area contributed by atoms with Crippen LogP contribution >= 0.6 is 0 Å². The normalized spacial score (nSPS) is 19.9. The van der Waals surface area contributed by atoms with Gasteiger partial charge in [0.2, 0.25) is 6.79 Å². The lowest BCUT2D eigenvalue weighted by molar-refractivity contribution is -0.120. The number of hydrogen-bond acceptors (Lipinski definition) is 5. The number of benzene rings is 1. The molecule has 0 spiro atoms. The number of nitrogens with zero attached hydrogens (tertiary/aromatic N) is 1. The molecule has 2 heterocycles. The van der Waals surface area contributed by atoms with Gasteiger partial charge in [0.15, 0.2) is 17.3 Å². The molecular formula is C16H19NO4. The van der Waals surface area contributed by atoms with E-state index in [1.807, 2.05) is 31.2 Å². The Morgan fingerprint density at radius 3 is 2.81 bits per heavy atom. The van der Waals surface area contributed by atoms with Crippen LogP contribution in [0.2, 0.25) is 0 Å². The zero-order valence-corrected chi connectivity index (χ0v) is 12.1. The molecule has 1 aromatic rings. The maximum atomic E-state index is 12.2. The van der Waals surface area contributed by atoms with Crippen LogP contribution in [0.1, 0.15) is 12.5 Å². The molecule has 2 aliphatic rings. The van der Waals surface area contributed by atoms with Gasteiger partial charge >= 0.3 is 0 Å². The second kappa shape index (κ2) is 6.28. The van der Waals surface area contributed by atoms with E-state index in [1.165, 1.54) is 0 Å². The topological polar surface area (TPSA) is 48.0 Å². The van der Waals surface area contributed by atoms with Crippen LogP contribution in [-0.2, 0) is 9.53 Å². The summed E-state index contributed by atoms with van der Waals surface area (Å²) < 4.78 is 15.9. The zero-order valence-electron chi connectivity index (χ0n) is 12.1. The van der Waals surface area contributed by atoms with E-state index in [2.05, 4.69) is 4.90 Å². The predicted molar refractivity (Wildman–Crippen MR) is 78.5 cm³/mol. The van der Waals surface area contributed by atoms with Gasteiger partial charge in [0, 0.05) is 13.1 Å². The molecule has 0 saturated carbocycles. The molecule has 0 aliphatic carbocycles. The summed E-state index contributed by atoms with van der Waals surface area (Å²) in [5.74, 6) is 1.58. The molecule has 0 bridgehead atoms. The summed E-state index contributed by atoms with van der Waals surface area (Å²) in [5.41, 5.74) is 0.932. The fourth-order valence-corrected chi connectivity index (χ4v) is 2.48. The Kier molecular flexibility index (Phi) is 4.22. The Bertz CT molecular complexity index is 549. The molecule has 1 fully saturated rings. The summed E-state index contributed by atoms with van der Waals surface area (Å²) in [5, 5.41) is 0. The third kappa shape index (κ3) is 3.25. The van der Waals surface area contributed by atoms with Crippen LogP contribution < -0.4 is 9.47 Å². The number of hydrogen-bond donors (Lipinski definition) is 0. The molecule has 1 aromatic carbocycles. The third-order valence-electron chi connectivity index (χ3n) is 3.84. The maximum Gasteiger partial charge on any atom is 0.231 e. The smallest absolute Gasteiger partial charge is 0.231 e. The van der Waals surface area contributed by atoms with Crippen molar-refractivity contribution in [3.8, 4) is 11.5 Å². The van der Waals surface area contributed by atoms with Crippen LogP contribution in [0.4, 0.5) is 0 Å². The van der Waals surface area contributed by atoms with Gasteiger partial charge in [-0.15, -0.1) is 0 Å². The van der Waals surface area contributed by atoms with Crippen molar-refractivity contribution in [1.82, 2.24) is 4.90 Å². The Balaban J connectivity index is 1.63. The number of ether oxygens (including phenoxy) is 3.